The summed E-state index contributed by atoms with van der Waals surface area (Å²) in [7, 11) is 1.55. The van der Waals surface area contributed by atoms with Gasteiger partial charge in [0.05, 0.1) is 12.8 Å². The summed E-state index contributed by atoms with van der Waals surface area (Å²) in [6.45, 7) is 3.54. The third kappa shape index (κ3) is 5.14. The van der Waals surface area contributed by atoms with Crippen LogP contribution in [0.1, 0.15) is 25.3 Å². The summed E-state index contributed by atoms with van der Waals surface area (Å²) in [5, 5.41) is 13.3. The fraction of sp³-hybridized carbons (Fsp3) is 0.458. The number of aliphatic hydroxyl groups excluding tert-OH is 1. The molecule has 4 rings (SSSR count). The molecule has 2 aliphatic heterocycles. The Bertz CT molecular complexity index is 975. The summed E-state index contributed by atoms with van der Waals surface area (Å²) in [6.07, 6.45) is 1.66. The predicted molar refractivity (Wildman–Crippen MR) is 118 cm³/mol. The maximum atomic E-state index is 13.5. The van der Waals surface area contributed by atoms with E-state index >= 15 is 0 Å². The number of rotatable bonds is 7. The van der Waals surface area contributed by atoms with Crippen molar-refractivity contribution in [2.24, 2.45) is 0 Å². The van der Waals surface area contributed by atoms with Gasteiger partial charge in [0.25, 0.3) is 0 Å². The zero-order valence-electron chi connectivity index (χ0n) is 18.4. The lowest BCUT2D eigenvalue weighted by Gasteiger charge is -2.39. The highest BCUT2D eigenvalue weighted by Gasteiger charge is 2.42. The van der Waals surface area contributed by atoms with Gasteiger partial charge in [0.15, 0.2) is 0 Å². The Balaban J connectivity index is 1.28. The lowest BCUT2D eigenvalue weighted by Crippen LogP contribution is -2.49. The van der Waals surface area contributed by atoms with Crippen LogP contribution in [-0.4, -0.2) is 61.0 Å². The van der Waals surface area contributed by atoms with Gasteiger partial charge >= 0.3 is 0 Å². The molecule has 0 radical (unpaired) electrons. The zero-order chi connectivity index (χ0) is 22.7. The first-order chi connectivity index (χ1) is 15.4. The molecule has 1 atom stereocenters. The molecule has 2 aliphatic rings. The minimum Gasteiger partial charge on any atom is -0.497 e. The van der Waals surface area contributed by atoms with Crippen molar-refractivity contribution in [3.63, 3.8) is 0 Å². The molecule has 0 aromatic heterocycles. The molecular formula is C24H29FN2O5. The SMILES string of the molecule is COc1ccc(NC(C)=O)c(OC[C@@H](O)CN2CCC3(CC2)Cc2cc(F)ccc2O3)c1. The van der Waals surface area contributed by atoms with Crippen LogP contribution in [0.5, 0.6) is 17.2 Å². The fourth-order valence-corrected chi connectivity index (χ4v) is 4.40. The van der Waals surface area contributed by atoms with E-state index in [1.165, 1.54) is 13.0 Å². The molecule has 0 saturated carbocycles. The van der Waals surface area contributed by atoms with Gasteiger partial charge in [0, 0.05) is 57.5 Å². The number of likely N-dealkylation sites (tertiary alicyclic amines) is 1. The normalized spacial score (nSPS) is 18.0. The van der Waals surface area contributed by atoms with Gasteiger partial charge in [-0.15, -0.1) is 0 Å². The van der Waals surface area contributed by atoms with Gasteiger partial charge in [0.1, 0.15) is 41.4 Å². The lowest BCUT2D eigenvalue weighted by molar-refractivity contribution is -0.114. The van der Waals surface area contributed by atoms with E-state index in [2.05, 4.69) is 10.2 Å². The number of fused-ring (bicyclic) bond motifs is 1. The molecule has 1 fully saturated rings. The summed E-state index contributed by atoms with van der Waals surface area (Å²) in [6, 6.07) is 9.82. The molecule has 1 spiro atoms. The summed E-state index contributed by atoms with van der Waals surface area (Å²) < 4.78 is 30.7. The second-order valence-corrected chi connectivity index (χ2v) is 8.52. The monoisotopic (exact) mass is 444 g/mol. The highest BCUT2D eigenvalue weighted by Crippen LogP contribution is 2.41. The minimum atomic E-state index is -0.698. The van der Waals surface area contributed by atoms with Crippen LogP contribution >= 0.6 is 0 Å². The number of anilines is 1. The topological polar surface area (TPSA) is 80.3 Å². The number of benzene rings is 2. The number of halogens is 1. The van der Waals surface area contributed by atoms with Crippen LogP contribution in [0.15, 0.2) is 36.4 Å². The fourth-order valence-electron chi connectivity index (χ4n) is 4.40. The molecule has 2 heterocycles. The van der Waals surface area contributed by atoms with Gasteiger partial charge < -0.3 is 29.5 Å². The largest absolute Gasteiger partial charge is 0.497 e. The highest BCUT2D eigenvalue weighted by atomic mass is 19.1. The molecule has 1 amide bonds. The molecule has 172 valence electrons. The first kappa shape index (κ1) is 22.4. The van der Waals surface area contributed by atoms with E-state index in [1.807, 2.05) is 0 Å². The maximum absolute atomic E-state index is 13.5. The van der Waals surface area contributed by atoms with E-state index in [0.29, 0.717) is 23.7 Å². The number of hydrogen-bond acceptors (Lipinski definition) is 6. The van der Waals surface area contributed by atoms with Crippen LogP contribution in [-0.2, 0) is 11.2 Å². The van der Waals surface area contributed by atoms with Crippen molar-refractivity contribution in [3.05, 3.63) is 47.8 Å². The second kappa shape index (κ2) is 9.34. The lowest BCUT2D eigenvalue weighted by atomic mass is 9.87. The molecule has 2 aromatic rings. The number of carbonyl (C=O) groups excluding carboxylic acids is 1. The number of ether oxygens (including phenoxy) is 3. The van der Waals surface area contributed by atoms with Crippen LogP contribution in [0.2, 0.25) is 0 Å². The van der Waals surface area contributed by atoms with Gasteiger partial charge in [-0.3, -0.25) is 4.79 Å². The van der Waals surface area contributed by atoms with Crippen LogP contribution in [0.3, 0.4) is 0 Å². The van der Waals surface area contributed by atoms with Gasteiger partial charge in [-0.05, 0) is 30.3 Å². The van der Waals surface area contributed by atoms with E-state index in [0.717, 1.165) is 43.7 Å². The molecule has 2 N–H and O–H groups in total. The number of methoxy groups -OCH3 is 1. The predicted octanol–water partition coefficient (Wildman–Crippen LogP) is 3.00. The van der Waals surface area contributed by atoms with Crippen molar-refractivity contribution in [1.29, 1.82) is 0 Å². The van der Waals surface area contributed by atoms with Crippen LogP contribution in [0.25, 0.3) is 0 Å². The second-order valence-electron chi connectivity index (χ2n) is 8.52. The molecule has 0 unspecified atom stereocenters. The number of piperidine rings is 1. The summed E-state index contributed by atoms with van der Waals surface area (Å²) in [4.78, 5) is 13.6. The Labute approximate surface area is 187 Å². The van der Waals surface area contributed by atoms with Crippen LogP contribution in [0, 0.1) is 5.82 Å². The Morgan fingerprint density at radius 3 is 2.78 bits per heavy atom. The van der Waals surface area contributed by atoms with Crippen molar-refractivity contribution in [2.45, 2.75) is 37.9 Å². The molecule has 32 heavy (non-hydrogen) atoms. The number of amides is 1. The minimum absolute atomic E-state index is 0.0859. The van der Waals surface area contributed by atoms with E-state index in [-0.39, 0.29) is 23.9 Å². The van der Waals surface area contributed by atoms with E-state index in [9.17, 15) is 14.3 Å². The quantitative estimate of drug-likeness (QED) is 0.684. The number of β-amino-alcohol motifs (C(OH)–C–C–N with tert-alkyl or cyclic N) is 1. The number of carbonyl (C=O) groups is 1. The van der Waals surface area contributed by atoms with E-state index < -0.39 is 6.10 Å². The molecule has 8 heteroatoms. The summed E-state index contributed by atoms with van der Waals surface area (Å²) in [5.41, 5.74) is 1.18. The number of nitrogens with zero attached hydrogens (tertiary/aromatic N) is 1. The summed E-state index contributed by atoms with van der Waals surface area (Å²) in [5.74, 6) is 1.38. The standard InChI is InChI=1S/C24H29FN2O5/c1-16(28)26-21-5-4-20(30-2)12-23(21)31-15-19(29)14-27-9-7-24(8-10-27)13-17-11-18(25)3-6-22(17)32-24/h3-6,11-12,19,29H,7-10,13-15H2,1-2H3,(H,26,28)/t19-/m0/s1. The third-order valence-corrected chi connectivity index (χ3v) is 6.03. The maximum Gasteiger partial charge on any atom is 0.221 e. The van der Waals surface area contributed by atoms with Gasteiger partial charge in [-0.1, -0.05) is 0 Å². The van der Waals surface area contributed by atoms with E-state index in [1.54, 1.807) is 37.4 Å². The Kier molecular flexibility index (Phi) is 6.53. The molecule has 7 nitrogen and oxygen atoms in total. The van der Waals surface area contributed by atoms with Crippen molar-refractivity contribution >= 4 is 11.6 Å². The zero-order valence-corrected chi connectivity index (χ0v) is 18.4. The Hall–Kier alpha value is -2.84. The average molecular weight is 445 g/mol. The first-order valence-electron chi connectivity index (χ1n) is 10.8. The molecule has 0 bridgehead atoms. The number of aliphatic hydroxyl groups is 1. The average Bonchev–Trinajstić information content (AvgIpc) is 3.11. The highest BCUT2D eigenvalue weighted by molar-refractivity contribution is 5.90. The third-order valence-electron chi connectivity index (χ3n) is 6.03. The number of hydrogen-bond donors (Lipinski definition) is 2. The smallest absolute Gasteiger partial charge is 0.221 e. The van der Waals surface area contributed by atoms with Crippen molar-refractivity contribution < 1.29 is 28.5 Å². The van der Waals surface area contributed by atoms with Gasteiger partial charge in [-0.25, -0.2) is 4.39 Å². The van der Waals surface area contributed by atoms with Crippen LogP contribution < -0.4 is 19.5 Å². The Morgan fingerprint density at radius 2 is 2.06 bits per heavy atom. The van der Waals surface area contributed by atoms with Gasteiger partial charge in [0.2, 0.25) is 5.91 Å². The molecular weight excluding hydrogens is 415 g/mol. The van der Waals surface area contributed by atoms with Gasteiger partial charge in [-0.2, -0.15) is 0 Å². The van der Waals surface area contributed by atoms with Crippen molar-refractivity contribution in [3.8, 4) is 17.2 Å². The number of nitrogens with one attached hydrogen (secondary N) is 1. The first-order valence-corrected chi connectivity index (χ1v) is 10.8. The molecule has 1 saturated heterocycles. The Morgan fingerprint density at radius 1 is 1.28 bits per heavy atom. The van der Waals surface area contributed by atoms with Crippen LogP contribution in [0.4, 0.5) is 10.1 Å². The molecule has 2 aromatic carbocycles. The van der Waals surface area contributed by atoms with E-state index in [4.69, 9.17) is 14.2 Å². The molecule has 0 aliphatic carbocycles. The summed E-state index contributed by atoms with van der Waals surface area (Å²) >= 11 is 0. The van der Waals surface area contributed by atoms with Crippen molar-refractivity contribution in [1.82, 2.24) is 4.90 Å². The van der Waals surface area contributed by atoms with Crippen molar-refractivity contribution in [2.75, 3.05) is 38.7 Å².